The molecule has 6 nitrogen and oxygen atoms in total. The van der Waals surface area contributed by atoms with Gasteiger partial charge in [0.2, 0.25) is 0 Å². The zero-order valence-corrected chi connectivity index (χ0v) is 24.1. The van der Waals surface area contributed by atoms with Crippen LogP contribution in [0.1, 0.15) is 124 Å². The van der Waals surface area contributed by atoms with Crippen molar-refractivity contribution < 1.29 is 18.7 Å². The number of rotatable bonds is 21. The fraction of sp³-hybridized carbons (Fsp3) is 0.625. The third-order valence-corrected chi connectivity index (χ3v) is 7.02. The summed E-state index contributed by atoms with van der Waals surface area (Å²) >= 11 is 0. The lowest BCUT2D eigenvalue weighted by molar-refractivity contribution is -0.697. The van der Waals surface area contributed by atoms with Gasteiger partial charge in [-0.25, -0.2) is 9.13 Å². The zero-order valence-electron chi connectivity index (χ0n) is 24.1. The van der Waals surface area contributed by atoms with E-state index in [1.165, 1.54) is 51.4 Å². The number of nitrogens with zero attached hydrogens (tertiary/aromatic N) is 2. The van der Waals surface area contributed by atoms with Crippen LogP contribution in [0.2, 0.25) is 0 Å². The topological polar surface area (TPSA) is 66.0 Å². The number of nitrogens with one attached hydrogen (secondary N) is 2. The lowest BCUT2D eigenvalue weighted by Crippen LogP contribution is -2.33. The molecule has 0 atom stereocenters. The number of aryl methyl sites for hydroxylation is 2. The van der Waals surface area contributed by atoms with Crippen LogP contribution in [0.4, 0.5) is 0 Å². The normalized spacial score (nSPS) is 10.9. The summed E-state index contributed by atoms with van der Waals surface area (Å²) in [4.78, 5) is 24.7. The van der Waals surface area contributed by atoms with Crippen LogP contribution in [0.3, 0.4) is 0 Å². The molecule has 0 aliphatic rings. The number of hydrogen-bond acceptors (Lipinski definition) is 2. The Labute approximate surface area is 231 Å². The van der Waals surface area contributed by atoms with Crippen LogP contribution in [0.5, 0.6) is 0 Å². The van der Waals surface area contributed by atoms with Crippen LogP contribution in [0.25, 0.3) is 0 Å². The molecule has 0 aliphatic carbocycles. The van der Waals surface area contributed by atoms with Crippen molar-refractivity contribution in [3.8, 4) is 0 Å². The van der Waals surface area contributed by atoms with E-state index in [0.29, 0.717) is 0 Å². The van der Waals surface area contributed by atoms with Gasteiger partial charge in [0.15, 0.2) is 24.8 Å². The quantitative estimate of drug-likeness (QED) is 0.157. The van der Waals surface area contributed by atoms with Crippen molar-refractivity contribution >= 4 is 11.8 Å². The van der Waals surface area contributed by atoms with Crippen molar-refractivity contribution in [1.29, 1.82) is 0 Å². The minimum atomic E-state index is 0.0130. The number of carbonyl (C=O) groups excluding carboxylic acids is 2. The SMILES string of the molecule is CCCCCC[n+]1ccc(C(=O)NCCCCCCCCNC(=O)c2cc[n+](CCCCCC)cc2)cc1. The largest absolute Gasteiger partial charge is 0.352 e. The lowest BCUT2D eigenvalue weighted by Gasteiger charge is -2.06. The van der Waals surface area contributed by atoms with Crippen LogP contribution in [0, 0.1) is 0 Å². The number of carbonyl (C=O) groups is 2. The molecule has 0 radical (unpaired) electrons. The smallest absolute Gasteiger partial charge is 0.251 e. The summed E-state index contributed by atoms with van der Waals surface area (Å²) in [5, 5.41) is 6.08. The molecule has 0 fully saturated rings. The number of amides is 2. The average Bonchev–Trinajstić information content (AvgIpc) is 2.95. The van der Waals surface area contributed by atoms with Crippen LogP contribution < -0.4 is 19.8 Å². The Morgan fingerprint density at radius 3 is 1.24 bits per heavy atom. The van der Waals surface area contributed by atoms with Crippen molar-refractivity contribution in [1.82, 2.24) is 10.6 Å². The number of aromatic nitrogens is 2. The van der Waals surface area contributed by atoms with E-state index in [4.69, 9.17) is 0 Å². The highest BCUT2D eigenvalue weighted by molar-refractivity contribution is 5.94. The highest BCUT2D eigenvalue weighted by Gasteiger charge is 2.09. The van der Waals surface area contributed by atoms with Gasteiger partial charge in [0.1, 0.15) is 13.1 Å². The van der Waals surface area contributed by atoms with E-state index in [2.05, 4.69) is 33.6 Å². The minimum Gasteiger partial charge on any atom is -0.352 e. The molecule has 38 heavy (non-hydrogen) atoms. The summed E-state index contributed by atoms with van der Waals surface area (Å²) in [6.45, 7) is 7.91. The van der Waals surface area contributed by atoms with Gasteiger partial charge in [0.25, 0.3) is 11.8 Å². The van der Waals surface area contributed by atoms with E-state index in [1.807, 2.05) is 49.1 Å². The fourth-order valence-corrected chi connectivity index (χ4v) is 4.52. The van der Waals surface area contributed by atoms with Crippen LogP contribution in [-0.4, -0.2) is 24.9 Å². The molecule has 2 rings (SSSR count). The Morgan fingerprint density at radius 1 is 0.526 bits per heavy atom. The van der Waals surface area contributed by atoms with Crippen molar-refractivity contribution in [2.75, 3.05) is 13.1 Å². The van der Waals surface area contributed by atoms with E-state index in [0.717, 1.165) is 75.8 Å². The summed E-state index contributed by atoms with van der Waals surface area (Å²) < 4.78 is 4.31. The van der Waals surface area contributed by atoms with Gasteiger partial charge in [-0.3, -0.25) is 9.59 Å². The highest BCUT2D eigenvalue weighted by atomic mass is 16.2. The van der Waals surface area contributed by atoms with E-state index < -0.39 is 0 Å². The molecule has 0 unspecified atom stereocenters. The van der Waals surface area contributed by atoms with Crippen molar-refractivity contribution in [2.45, 2.75) is 117 Å². The Bertz CT molecular complexity index is 821. The molecule has 0 aromatic carbocycles. The molecular formula is C32H52N4O2+2. The molecule has 0 saturated heterocycles. The van der Waals surface area contributed by atoms with Crippen LogP contribution in [-0.2, 0) is 13.1 Å². The first-order chi connectivity index (χ1) is 18.6. The molecule has 0 aliphatic heterocycles. The first-order valence-electron chi connectivity index (χ1n) is 15.2. The van der Waals surface area contributed by atoms with Crippen LogP contribution >= 0.6 is 0 Å². The molecule has 0 saturated carbocycles. The summed E-state index contributed by atoms with van der Waals surface area (Å²) in [5.74, 6) is 0.0261. The standard InChI is InChI=1S/C32H50N4O2/c1-3-5-7-15-23-35-25-17-29(18-26-35)31(37)33-21-13-11-9-10-12-14-22-34-32(38)30-19-27-36(28-20-30)24-16-8-6-4-2/h17-20,25-28H,3-16,21-24H2,1-2H3/p+2. The number of pyridine rings is 2. The molecule has 2 aromatic heterocycles. The Morgan fingerprint density at radius 2 is 0.868 bits per heavy atom. The third kappa shape index (κ3) is 13.7. The van der Waals surface area contributed by atoms with Gasteiger partial charge in [-0.15, -0.1) is 0 Å². The zero-order chi connectivity index (χ0) is 27.3. The first-order valence-corrected chi connectivity index (χ1v) is 15.2. The molecule has 2 aromatic rings. The first kappa shape index (κ1) is 31.5. The van der Waals surface area contributed by atoms with Gasteiger partial charge in [-0.05, 0) is 25.7 Å². The second kappa shape index (κ2) is 20.2. The summed E-state index contributed by atoms with van der Waals surface area (Å²) in [6, 6.07) is 7.66. The van der Waals surface area contributed by atoms with Crippen LogP contribution in [0.15, 0.2) is 49.1 Å². The molecule has 2 heterocycles. The molecule has 6 heteroatoms. The minimum absolute atomic E-state index is 0.0130. The van der Waals surface area contributed by atoms with E-state index in [1.54, 1.807) is 0 Å². The predicted molar refractivity (Wildman–Crippen MR) is 154 cm³/mol. The van der Waals surface area contributed by atoms with Gasteiger partial charge in [-0.2, -0.15) is 0 Å². The summed E-state index contributed by atoms with van der Waals surface area (Å²) in [6.07, 6.45) is 24.5. The maximum atomic E-state index is 12.3. The van der Waals surface area contributed by atoms with Crippen molar-refractivity contribution in [3.63, 3.8) is 0 Å². The van der Waals surface area contributed by atoms with E-state index >= 15 is 0 Å². The second-order valence-electron chi connectivity index (χ2n) is 10.4. The van der Waals surface area contributed by atoms with Crippen molar-refractivity contribution in [2.24, 2.45) is 0 Å². The van der Waals surface area contributed by atoms with Gasteiger partial charge < -0.3 is 10.6 Å². The van der Waals surface area contributed by atoms with E-state index in [-0.39, 0.29) is 11.8 Å². The average molecular weight is 525 g/mol. The van der Waals surface area contributed by atoms with E-state index in [9.17, 15) is 9.59 Å². The summed E-state index contributed by atoms with van der Waals surface area (Å²) in [7, 11) is 0. The van der Waals surface area contributed by atoms with Gasteiger partial charge in [0, 0.05) is 50.2 Å². The maximum absolute atomic E-state index is 12.3. The Balaban J connectivity index is 1.45. The molecule has 0 bridgehead atoms. The highest BCUT2D eigenvalue weighted by Crippen LogP contribution is 2.06. The molecule has 210 valence electrons. The Kier molecular flexibility index (Phi) is 16.8. The Hall–Kier alpha value is -2.76. The molecule has 2 N–H and O–H groups in total. The molecule has 2 amide bonds. The monoisotopic (exact) mass is 524 g/mol. The maximum Gasteiger partial charge on any atom is 0.251 e. The van der Waals surface area contributed by atoms with Crippen molar-refractivity contribution in [3.05, 3.63) is 60.2 Å². The second-order valence-corrected chi connectivity index (χ2v) is 10.4. The molecular weight excluding hydrogens is 472 g/mol. The third-order valence-electron chi connectivity index (χ3n) is 7.02. The predicted octanol–water partition coefficient (Wildman–Crippen LogP) is 5.92. The van der Waals surface area contributed by atoms with Gasteiger partial charge >= 0.3 is 0 Å². The fourth-order valence-electron chi connectivity index (χ4n) is 4.52. The van der Waals surface area contributed by atoms with Gasteiger partial charge in [0.05, 0.1) is 11.1 Å². The number of hydrogen-bond donors (Lipinski definition) is 2. The summed E-state index contributed by atoms with van der Waals surface area (Å²) in [5.41, 5.74) is 1.46. The molecule has 0 spiro atoms. The lowest BCUT2D eigenvalue weighted by atomic mass is 10.1. The van der Waals surface area contributed by atoms with Gasteiger partial charge in [-0.1, -0.05) is 65.2 Å². The number of unbranched alkanes of at least 4 members (excludes halogenated alkanes) is 11.